The molecule has 0 saturated carbocycles. The summed E-state index contributed by atoms with van der Waals surface area (Å²) in [6.07, 6.45) is 0. The first kappa shape index (κ1) is 36.3. The Bertz CT molecular complexity index is 3030. The zero-order chi connectivity index (χ0) is 41.1. The lowest BCUT2D eigenvalue weighted by Gasteiger charge is -2.19. The molecule has 0 fully saturated rings. The molecule has 10 heteroatoms. The highest BCUT2D eigenvalue weighted by Gasteiger charge is 2.43. The first-order chi connectivity index (χ1) is 28.4. The van der Waals surface area contributed by atoms with Crippen LogP contribution in [-0.2, 0) is 0 Å². The maximum Gasteiger partial charge on any atom is 0.204 e. The van der Waals surface area contributed by atoms with Crippen molar-refractivity contribution in [2.75, 3.05) is 0 Å². The van der Waals surface area contributed by atoms with Crippen LogP contribution < -0.4 is 0 Å². The third kappa shape index (κ3) is 5.50. The second kappa shape index (κ2) is 14.8. The van der Waals surface area contributed by atoms with Gasteiger partial charge in [0.2, 0.25) is 11.4 Å². The molecular weight excluding hydrogens is 717 g/mol. The van der Waals surface area contributed by atoms with Gasteiger partial charge in [-0.05, 0) is 68.3 Å². The van der Waals surface area contributed by atoms with Gasteiger partial charge in [0.15, 0.2) is 11.4 Å². The molecule has 0 aliphatic heterocycles. The summed E-state index contributed by atoms with van der Waals surface area (Å²) in [6.45, 7) is 32.5. The van der Waals surface area contributed by atoms with Crippen LogP contribution in [-0.4, -0.2) is 0 Å². The van der Waals surface area contributed by atoms with Gasteiger partial charge in [0.05, 0.1) is 77.9 Å². The zero-order valence-electron chi connectivity index (χ0n) is 29.7. The van der Waals surface area contributed by atoms with Crippen molar-refractivity contribution in [1.29, 1.82) is 31.6 Å². The van der Waals surface area contributed by atoms with Crippen molar-refractivity contribution in [3.05, 3.63) is 209 Å². The molecule has 58 heavy (non-hydrogen) atoms. The standard InChI is InChI=1S/C48H16N10/c1-55-33-18-31(19-34(20-33)56-2)35(23-51)42-40(30-13-9-6-10-14-30)48(58-4)45-37(25-53)41-36(24-52)39(29-11-7-5-8-12-29)46(43(41)38(26-54)44(42)45)47(57-3)32-16-27(21-49)15-28(17-32)22-50/h5-20H/b42-35+,47-46-. The molecule has 258 valence electrons. The number of hydrogen-bond acceptors (Lipinski definition) is 6. The molecule has 0 heterocycles. The van der Waals surface area contributed by atoms with Crippen molar-refractivity contribution in [3.63, 3.8) is 0 Å². The van der Waals surface area contributed by atoms with Crippen LogP contribution in [0.25, 0.3) is 64.2 Å². The number of hydrogen-bond donors (Lipinski definition) is 0. The van der Waals surface area contributed by atoms with Gasteiger partial charge < -0.3 is 0 Å². The Hall–Kier alpha value is -10.0. The molecule has 0 unspecified atom stereocenters. The molecule has 0 saturated heterocycles. The third-order valence-electron chi connectivity index (χ3n) is 9.67. The molecule has 5 aromatic carbocycles. The fraction of sp³-hybridized carbons (Fsp3) is 0. The highest BCUT2D eigenvalue weighted by molar-refractivity contribution is 6.35. The largest absolute Gasteiger partial charge is 0.239 e. The van der Waals surface area contributed by atoms with Gasteiger partial charge >= 0.3 is 0 Å². The Labute approximate surface area is 332 Å². The van der Waals surface area contributed by atoms with E-state index in [9.17, 15) is 31.6 Å². The molecule has 10 nitrogen and oxygen atoms in total. The van der Waals surface area contributed by atoms with Crippen molar-refractivity contribution in [1.82, 2.24) is 0 Å². The average molecular weight is 733 g/mol. The van der Waals surface area contributed by atoms with E-state index >= 15 is 0 Å². The smallest absolute Gasteiger partial charge is 0.204 e. The van der Waals surface area contributed by atoms with E-state index in [1.54, 1.807) is 60.7 Å². The molecule has 0 atom stereocenters. The molecule has 0 spiro atoms. The second-order valence-corrected chi connectivity index (χ2v) is 12.6. The maximum absolute atomic E-state index is 11.4. The Balaban J connectivity index is 1.79. The molecule has 7 rings (SSSR count). The van der Waals surface area contributed by atoms with Gasteiger partial charge in [-0.2, -0.15) is 31.6 Å². The monoisotopic (exact) mass is 732 g/mol. The van der Waals surface area contributed by atoms with E-state index in [1.807, 2.05) is 12.1 Å². The molecule has 0 bridgehead atoms. The summed E-state index contributed by atoms with van der Waals surface area (Å²) in [7, 11) is 0. The van der Waals surface area contributed by atoms with Gasteiger partial charge in [0.1, 0.15) is 18.2 Å². The zero-order valence-corrected chi connectivity index (χ0v) is 29.7. The number of nitrogens with zero attached hydrogens (tertiary/aromatic N) is 10. The lowest BCUT2D eigenvalue weighted by Crippen LogP contribution is -2.05. The van der Waals surface area contributed by atoms with Crippen molar-refractivity contribution < 1.29 is 0 Å². The molecule has 0 aromatic heterocycles. The minimum absolute atomic E-state index is 0.00478. The molecule has 0 radical (unpaired) electrons. The van der Waals surface area contributed by atoms with E-state index in [2.05, 4.69) is 43.7 Å². The summed E-state index contributed by atoms with van der Waals surface area (Å²) in [5.74, 6) is 0. The summed E-state index contributed by atoms with van der Waals surface area (Å²) < 4.78 is 0. The predicted octanol–water partition coefficient (Wildman–Crippen LogP) is 10.7. The fourth-order valence-electron chi connectivity index (χ4n) is 7.49. The normalized spacial score (nSPS) is 13.6. The van der Waals surface area contributed by atoms with Crippen LogP contribution in [0.1, 0.15) is 66.8 Å². The van der Waals surface area contributed by atoms with E-state index in [1.165, 1.54) is 36.4 Å². The number of fused-ring (bicyclic) bond motifs is 2. The van der Waals surface area contributed by atoms with Crippen molar-refractivity contribution >= 4 is 56.2 Å². The van der Waals surface area contributed by atoms with Crippen LogP contribution >= 0.6 is 0 Å². The van der Waals surface area contributed by atoms with E-state index in [4.69, 9.17) is 26.3 Å². The Morgan fingerprint density at radius 2 is 1.02 bits per heavy atom. The summed E-state index contributed by atoms with van der Waals surface area (Å²) >= 11 is 0. The topological polar surface area (TPSA) is 160 Å². The summed E-state index contributed by atoms with van der Waals surface area (Å²) in [5, 5.41) is 64.3. The van der Waals surface area contributed by atoms with E-state index < -0.39 is 0 Å². The maximum atomic E-state index is 11.4. The van der Waals surface area contributed by atoms with E-state index in [0.29, 0.717) is 11.1 Å². The predicted molar refractivity (Wildman–Crippen MR) is 215 cm³/mol. The van der Waals surface area contributed by atoms with Gasteiger partial charge in [-0.25, -0.2) is 19.4 Å². The molecule has 0 N–H and O–H groups in total. The quantitative estimate of drug-likeness (QED) is 0.132. The first-order valence-corrected chi connectivity index (χ1v) is 16.9. The second-order valence-electron chi connectivity index (χ2n) is 12.6. The van der Waals surface area contributed by atoms with Gasteiger partial charge in [0.25, 0.3) is 0 Å². The van der Waals surface area contributed by atoms with Crippen molar-refractivity contribution in [3.8, 4) is 36.4 Å². The molecular formula is C48H16N10. The summed E-state index contributed by atoms with van der Waals surface area (Å²) in [4.78, 5) is 14.8. The van der Waals surface area contributed by atoms with Gasteiger partial charge in [-0.15, -0.1) is 0 Å². The SMILES string of the molecule is [C-]#[N+]C1=C(c2ccccc2)/C(=C(/C#N)c2cc([N+]#[C-])cc([N+]#[C-])c2)c2c(C#N)c3c(c(C#N)c21)C(C#N)=C(c1ccccc1)/C3=C(/[N+]#[C-])c1cc(C#N)cc(C#N)c1. The Morgan fingerprint density at radius 3 is 1.48 bits per heavy atom. The van der Waals surface area contributed by atoms with E-state index in [-0.39, 0.29) is 112 Å². The van der Waals surface area contributed by atoms with Gasteiger partial charge in [-0.1, -0.05) is 78.9 Å². The number of allylic oxidation sites excluding steroid dienone is 6. The molecule has 5 aromatic rings. The van der Waals surface area contributed by atoms with Crippen LogP contribution in [0.4, 0.5) is 11.4 Å². The minimum atomic E-state index is -0.155. The van der Waals surface area contributed by atoms with Gasteiger partial charge in [-0.3, -0.25) is 0 Å². The van der Waals surface area contributed by atoms with Gasteiger partial charge in [0, 0.05) is 16.7 Å². The lowest BCUT2D eigenvalue weighted by atomic mass is 9.81. The molecule has 2 aliphatic carbocycles. The summed E-state index contributed by atoms with van der Waals surface area (Å²) in [5.41, 5.74) is 1.45. The minimum Gasteiger partial charge on any atom is -0.239 e. The fourth-order valence-corrected chi connectivity index (χ4v) is 7.49. The number of rotatable bonds is 4. The third-order valence-corrected chi connectivity index (χ3v) is 9.67. The van der Waals surface area contributed by atoms with Crippen LogP contribution in [0.15, 0.2) is 97.1 Å². The van der Waals surface area contributed by atoms with Crippen LogP contribution in [0.2, 0.25) is 0 Å². The summed E-state index contributed by atoms with van der Waals surface area (Å²) in [6, 6.07) is 38.6. The molecule has 0 amide bonds. The Kier molecular flexibility index (Phi) is 9.25. The Morgan fingerprint density at radius 1 is 0.483 bits per heavy atom. The van der Waals surface area contributed by atoms with Crippen molar-refractivity contribution in [2.45, 2.75) is 0 Å². The average Bonchev–Trinajstić information content (AvgIpc) is 3.79. The lowest BCUT2D eigenvalue weighted by molar-refractivity contribution is 1.38. The first-order valence-electron chi connectivity index (χ1n) is 16.9. The van der Waals surface area contributed by atoms with Crippen LogP contribution in [0.5, 0.6) is 0 Å². The highest BCUT2D eigenvalue weighted by Crippen LogP contribution is 2.59. The van der Waals surface area contributed by atoms with Crippen LogP contribution in [0, 0.1) is 94.3 Å². The van der Waals surface area contributed by atoms with Crippen molar-refractivity contribution in [2.24, 2.45) is 0 Å². The van der Waals surface area contributed by atoms with Crippen LogP contribution in [0.3, 0.4) is 0 Å². The number of nitriles is 6. The number of benzene rings is 5. The van der Waals surface area contributed by atoms with E-state index in [0.717, 1.165) is 0 Å². The highest BCUT2D eigenvalue weighted by atomic mass is 14.7. The molecule has 2 aliphatic rings.